The molecule has 0 saturated carbocycles. The predicted molar refractivity (Wildman–Crippen MR) is 96.9 cm³/mol. The van der Waals surface area contributed by atoms with Gasteiger partial charge in [0.15, 0.2) is 11.6 Å². The molecule has 2 aromatic heterocycles. The quantitative estimate of drug-likeness (QED) is 0.710. The SMILES string of the molecule is Cc1c(Cl)cccc1C(=O)N1CCCn2c(nnc2Cn2ccnc2)C1. The molecule has 134 valence electrons. The third-order valence-electron chi connectivity index (χ3n) is 4.71. The molecule has 1 amide bonds. The summed E-state index contributed by atoms with van der Waals surface area (Å²) in [6, 6.07) is 5.44. The van der Waals surface area contributed by atoms with Crippen LogP contribution in [0.5, 0.6) is 0 Å². The normalized spacial score (nSPS) is 14.2. The lowest BCUT2D eigenvalue weighted by molar-refractivity contribution is 0.0743. The van der Waals surface area contributed by atoms with Crippen molar-refractivity contribution in [3.63, 3.8) is 0 Å². The molecule has 26 heavy (non-hydrogen) atoms. The van der Waals surface area contributed by atoms with E-state index in [4.69, 9.17) is 11.6 Å². The van der Waals surface area contributed by atoms with Crippen LogP contribution in [0, 0.1) is 6.92 Å². The number of hydrogen-bond donors (Lipinski definition) is 0. The molecular weight excluding hydrogens is 352 g/mol. The van der Waals surface area contributed by atoms with Crippen LogP contribution in [0.15, 0.2) is 36.9 Å². The maximum Gasteiger partial charge on any atom is 0.254 e. The monoisotopic (exact) mass is 370 g/mol. The number of hydrogen-bond acceptors (Lipinski definition) is 4. The number of carbonyl (C=O) groups excluding carboxylic acids is 1. The van der Waals surface area contributed by atoms with Gasteiger partial charge < -0.3 is 14.0 Å². The van der Waals surface area contributed by atoms with Gasteiger partial charge in [-0.1, -0.05) is 17.7 Å². The zero-order valence-corrected chi connectivity index (χ0v) is 15.2. The summed E-state index contributed by atoms with van der Waals surface area (Å²) in [7, 11) is 0. The number of carbonyl (C=O) groups is 1. The Bertz CT molecular complexity index is 933. The van der Waals surface area contributed by atoms with E-state index in [-0.39, 0.29) is 5.91 Å². The molecule has 0 bridgehead atoms. The molecule has 0 spiro atoms. The lowest BCUT2D eigenvalue weighted by Crippen LogP contribution is -2.31. The van der Waals surface area contributed by atoms with Crippen LogP contribution in [0.3, 0.4) is 0 Å². The number of imidazole rings is 1. The molecule has 0 radical (unpaired) electrons. The summed E-state index contributed by atoms with van der Waals surface area (Å²) < 4.78 is 4.07. The first-order valence-electron chi connectivity index (χ1n) is 8.54. The van der Waals surface area contributed by atoms with E-state index < -0.39 is 0 Å². The van der Waals surface area contributed by atoms with Gasteiger partial charge in [-0.2, -0.15) is 0 Å². The van der Waals surface area contributed by atoms with Crippen LogP contribution in [-0.4, -0.2) is 41.7 Å². The number of benzene rings is 1. The van der Waals surface area contributed by atoms with Crippen LogP contribution in [0.25, 0.3) is 0 Å². The van der Waals surface area contributed by atoms with E-state index in [1.807, 2.05) is 34.7 Å². The minimum atomic E-state index is -0.0161. The summed E-state index contributed by atoms with van der Waals surface area (Å²) in [4.78, 5) is 18.9. The number of amides is 1. The van der Waals surface area contributed by atoms with Gasteiger partial charge in [-0.15, -0.1) is 10.2 Å². The predicted octanol–water partition coefficient (Wildman–Crippen LogP) is 2.53. The molecule has 7 nitrogen and oxygen atoms in total. The van der Waals surface area contributed by atoms with Crippen molar-refractivity contribution in [2.45, 2.75) is 33.0 Å². The lowest BCUT2D eigenvalue weighted by Gasteiger charge is -2.20. The molecule has 0 aliphatic carbocycles. The second-order valence-corrected chi connectivity index (χ2v) is 6.82. The van der Waals surface area contributed by atoms with E-state index >= 15 is 0 Å². The number of nitrogens with zero attached hydrogens (tertiary/aromatic N) is 6. The van der Waals surface area contributed by atoms with Crippen molar-refractivity contribution in [3.8, 4) is 0 Å². The fraction of sp³-hybridized carbons (Fsp3) is 0.333. The molecule has 4 rings (SSSR count). The van der Waals surface area contributed by atoms with Gasteiger partial charge >= 0.3 is 0 Å². The lowest BCUT2D eigenvalue weighted by atomic mass is 10.1. The Morgan fingerprint density at radius 3 is 2.96 bits per heavy atom. The number of aromatic nitrogens is 5. The highest BCUT2D eigenvalue weighted by Gasteiger charge is 2.24. The Morgan fingerprint density at radius 1 is 1.27 bits per heavy atom. The zero-order chi connectivity index (χ0) is 18.1. The van der Waals surface area contributed by atoms with Crippen LogP contribution < -0.4 is 0 Å². The molecule has 0 unspecified atom stereocenters. The highest BCUT2D eigenvalue weighted by Crippen LogP contribution is 2.22. The molecule has 0 fully saturated rings. The molecule has 0 atom stereocenters. The number of halogens is 1. The fourth-order valence-electron chi connectivity index (χ4n) is 3.26. The molecule has 1 aliphatic rings. The molecule has 1 aromatic carbocycles. The van der Waals surface area contributed by atoms with Gasteiger partial charge in [0.1, 0.15) is 0 Å². The van der Waals surface area contributed by atoms with Crippen LogP contribution in [-0.2, 0) is 19.6 Å². The molecule has 3 heterocycles. The van der Waals surface area contributed by atoms with Crippen molar-refractivity contribution < 1.29 is 4.79 Å². The minimum Gasteiger partial charge on any atom is -0.331 e. The van der Waals surface area contributed by atoms with Gasteiger partial charge in [-0.05, 0) is 31.0 Å². The van der Waals surface area contributed by atoms with Gasteiger partial charge in [-0.3, -0.25) is 4.79 Å². The zero-order valence-electron chi connectivity index (χ0n) is 14.5. The van der Waals surface area contributed by atoms with E-state index in [1.165, 1.54) is 0 Å². The Hall–Kier alpha value is -2.67. The van der Waals surface area contributed by atoms with E-state index in [9.17, 15) is 4.79 Å². The summed E-state index contributed by atoms with van der Waals surface area (Å²) in [6.45, 7) is 4.42. The largest absolute Gasteiger partial charge is 0.331 e. The van der Waals surface area contributed by atoms with E-state index in [0.29, 0.717) is 30.2 Å². The Labute approximate surface area is 156 Å². The fourth-order valence-corrected chi connectivity index (χ4v) is 3.43. The smallest absolute Gasteiger partial charge is 0.254 e. The highest BCUT2D eigenvalue weighted by molar-refractivity contribution is 6.31. The van der Waals surface area contributed by atoms with E-state index in [1.54, 1.807) is 18.6 Å². The number of rotatable bonds is 3. The molecule has 1 aliphatic heterocycles. The van der Waals surface area contributed by atoms with Crippen LogP contribution in [0.1, 0.15) is 34.0 Å². The Morgan fingerprint density at radius 2 is 2.15 bits per heavy atom. The van der Waals surface area contributed by atoms with Crippen molar-refractivity contribution >= 4 is 17.5 Å². The third-order valence-corrected chi connectivity index (χ3v) is 5.12. The summed E-state index contributed by atoms with van der Waals surface area (Å²) >= 11 is 6.18. The highest BCUT2D eigenvalue weighted by atomic mass is 35.5. The van der Waals surface area contributed by atoms with Gasteiger partial charge in [0, 0.05) is 36.1 Å². The van der Waals surface area contributed by atoms with Crippen molar-refractivity contribution in [2.24, 2.45) is 0 Å². The minimum absolute atomic E-state index is 0.0161. The van der Waals surface area contributed by atoms with E-state index in [0.717, 1.165) is 30.2 Å². The molecule has 3 aromatic rings. The summed E-state index contributed by atoms with van der Waals surface area (Å²) in [5.74, 6) is 1.68. The van der Waals surface area contributed by atoms with Crippen LogP contribution in [0.4, 0.5) is 0 Å². The van der Waals surface area contributed by atoms with Crippen LogP contribution in [0.2, 0.25) is 5.02 Å². The second-order valence-electron chi connectivity index (χ2n) is 6.41. The first kappa shape index (κ1) is 16.8. The second kappa shape index (κ2) is 6.92. The van der Waals surface area contributed by atoms with Crippen molar-refractivity contribution in [1.82, 2.24) is 29.2 Å². The summed E-state index contributed by atoms with van der Waals surface area (Å²) in [5.41, 5.74) is 1.45. The topological polar surface area (TPSA) is 68.8 Å². The maximum absolute atomic E-state index is 13.0. The van der Waals surface area contributed by atoms with E-state index in [2.05, 4.69) is 19.7 Å². The average Bonchev–Trinajstić information content (AvgIpc) is 3.22. The van der Waals surface area contributed by atoms with Gasteiger partial charge in [-0.25, -0.2) is 4.98 Å². The first-order valence-corrected chi connectivity index (χ1v) is 8.92. The molecule has 0 N–H and O–H groups in total. The van der Waals surface area contributed by atoms with Crippen molar-refractivity contribution in [3.05, 3.63) is 64.7 Å². The third kappa shape index (κ3) is 3.10. The van der Waals surface area contributed by atoms with Crippen molar-refractivity contribution in [2.75, 3.05) is 6.54 Å². The number of fused-ring (bicyclic) bond motifs is 1. The van der Waals surface area contributed by atoms with Crippen molar-refractivity contribution in [1.29, 1.82) is 0 Å². The summed E-state index contributed by atoms with van der Waals surface area (Å²) in [6.07, 6.45) is 6.26. The standard InChI is InChI=1S/C18H19ClN6O/c1-13-14(4-2-5-15(13)19)18(26)24-7-3-8-25-16(21-22-17(25)11-24)10-23-9-6-20-12-23/h2,4-6,9,12H,3,7-8,10-11H2,1H3. The average molecular weight is 371 g/mol. The first-order chi connectivity index (χ1) is 12.6. The van der Waals surface area contributed by atoms with Crippen LogP contribution >= 0.6 is 11.6 Å². The molecule has 8 heteroatoms. The van der Waals surface area contributed by atoms with Gasteiger partial charge in [0.2, 0.25) is 0 Å². The Kier molecular flexibility index (Phi) is 4.46. The van der Waals surface area contributed by atoms with Gasteiger partial charge in [0.05, 0.1) is 19.4 Å². The molecule has 0 saturated heterocycles. The Balaban J connectivity index is 1.58. The molecular formula is C18H19ClN6O. The van der Waals surface area contributed by atoms with Gasteiger partial charge in [0.25, 0.3) is 5.91 Å². The summed E-state index contributed by atoms with van der Waals surface area (Å²) in [5, 5.41) is 9.25. The maximum atomic E-state index is 13.0.